The first kappa shape index (κ1) is 15.2. The molecule has 1 fully saturated rings. The van der Waals surface area contributed by atoms with Gasteiger partial charge in [-0.25, -0.2) is 14.4 Å². The number of fused-ring (bicyclic) bond motifs is 1. The summed E-state index contributed by atoms with van der Waals surface area (Å²) in [5, 5.41) is 9.70. The van der Waals surface area contributed by atoms with E-state index in [1.54, 1.807) is 12.3 Å². The lowest BCUT2D eigenvalue weighted by atomic mass is 10.0. The van der Waals surface area contributed by atoms with Crippen LogP contribution in [0.5, 0.6) is 0 Å². The van der Waals surface area contributed by atoms with Crippen molar-refractivity contribution >= 4 is 29.5 Å². The molecule has 118 valence electrons. The van der Waals surface area contributed by atoms with Crippen LogP contribution in [0.3, 0.4) is 0 Å². The summed E-state index contributed by atoms with van der Waals surface area (Å²) < 4.78 is 13.8. The zero-order valence-corrected chi connectivity index (χ0v) is 13.4. The predicted molar refractivity (Wildman–Crippen MR) is 87.4 cm³/mol. The second kappa shape index (κ2) is 6.22. The fraction of sp³-hybridized carbons (Fsp3) is 0.467. The molecule has 1 N–H and O–H groups in total. The van der Waals surface area contributed by atoms with Gasteiger partial charge in [0.1, 0.15) is 5.82 Å². The molecule has 0 amide bonds. The highest BCUT2D eigenvalue weighted by Crippen LogP contribution is 2.38. The van der Waals surface area contributed by atoms with Crippen LogP contribution in [-0.4, -0.2) is 48.3 Å². The van der Waals surface area contributed by atoms with Gasteiger partial charge in [-0.05, 0) is 26.0 Å². The SMILES string of the molecule is C/C=N\N1C(N2CCNCC2)=Nc2cc(Cl)c(F)cc2C1C. The molecule has 2 aliphatic heterocycles. The Kier molecular flexibility index (Phi) is 4.31. The second-order valence-electron chi connectivity index (χ2n) is 5.37. The average molecular weight is 324 g/mol. The Morgan fingerprint density at radius 1 is 1.41 bits per heavy atom. The van der Waals surface area contributed by atoms with Crippen molar-refractivity contribution in [1.82, 2.24) is 15.2 Å². The van der Waals surface area contributed by atoms with Gasteiger partial charge < -0.3 is 10.2 Å². The molecule has 2 aliphatic rings. The Morgan fingerprint density at radius 2 is 2.14 bits per heavy atom. The third kappa shape index (κ3) is 2.68. The maximum absolute atomic E-state index is 13.8. The summed E-state index contributed by atoms with van der Waals surface area (Å²) in [6.07, 6.45) is 1.73. The van der Waals surface area contributed by atoms with Crippen LogP contribution in [0.1, 0.15) is 25.5 Å². The van der Waals surface area contributed by atoms with Gasteiger partial charge in [0.05, 0.1) is 16.8 Å². The molecule has 1 aromatic rings. The van der Waals surface area contributed by atoms with Crippen molar-refractivity contribution in [1.29, 1.82) is 0 Å². The van der Waals surface area contributed by atoms with Crippen LogP contribution in [0, 0.1) is 5.82 Å². The van der Waals surface area contributed by atoms with Crippen LogP contribution >= 0.6 is 11.6 Å². The van der Waals surface area contributed by atoms with E-state index in [1.165, 1.54) is 6.07 Å². The Bertz CT molecular complexity index is 625. The van der Waals surface area contributed by atoms with Crippen LogP contribution in [0.15, 0.2) is 22.2 Å². The Morgan fingerprint density at radius 3 is 2.82 bits per heavy atom. The van der Waals surface area contributed by atoms with E-state index in [0.29, 0.717) is 0 Å². The molecule has 0 aliphatic carbocycles. The van der Waals surface area contributed by atoms with E-state index in [1.807, 2.05) is 18.9 Å². The lowest BCUT2D eigenvalue weighted by Crippen LogP contribution is -2.52. The van der Waals surface area contributed by atoms with Gasteiger partial charge in [-0.3, -0.25) is 0 Å². The molecule has 2 heterocycles. The Balaban J connectivity index is 2.07. The summed E-state index contributed by atoms with van der Waals surface area (Å²) >= 11 is 5.91. The standard InChI is InChI=1S/C15H19ClFN5/c1-3-19-22-10(2)11-8-13(17)12(16)9-14(11)20-15(22)21-6-4-18-5-7-21/h3,8-10,18H,4-7H2,1-2H3/b19-3-. The lowest BCUT2D eigenvalue weighted by Gasteiger charge is -2.39. The second-order valence-corrected chi connectivity index (χ2v) is 5.78. The molecule has 7 heteroatoms. The van der Waals surface area contributed by atoms with Crippen molar-refractivity contribution in [3.63, 3.8) is 0 Å². The minimum Gasteiger partial charge on any atom is -0.338 e. The normalized spacial score (nSPS) is 22.0. The number of rotatable bonds is 1. The summed E-state index contributed by atoms with van der Waals surface area (Å²) in [5.41, 5.74) is 1.52. The van der Waals surface area contributed by atoms with Gasteiger partial charge in [0.2, 0.25) is 5.96 Å². The third-order valence-corrected chi connectivity index (χ3v) is 4.24. The molecule has 0 radical (unpaired) electrons. The first-order valence-electron chi connectivity index (χ1n) is 7.43. The fourth-order valence-corrected chi connectivity index (χ4v) is 2.96. The van der Waals surface area contributed by atoms with Gasteiger partial charge in [-0.15, -0.1) is 0 Å². The summed E-state index contributed by atoms with van der Waals surface area (Å²) in [4.78, 5) is 6.89. The molecule has 5 nitrogen and oxygen atoms in total. The van der Waals surface area contributed by atoms with E-state index in [0.717, 1.165) is 43.4 Å². The zero-order chi connectivity index (χ0) is 15.7. The molecule has 1 aromatic carbocycles. The van der Waals surface area contributed by atoms with E-state index < -0.39 is 5.82 Å². The van der Waals surface area contributed by atoms with Gasteiger partial charge >= 0.3 is 0 Å². The number of hydrogen-bond acceptors (Lipinski definition) is 5. The summed E-state index contributed by atoms with van der Waals surface area (Å²) in [7, 11) is 0. The van der Waals surface area contributed by atoms with E-state index in [-0.39, 0.29) is 11.1 Å². The third-order valence-electron chi connectivity index (χ3n) is 3.95. The van der Waals surface area contributed by atoms with Crippen LogP contribution in [0.4, 0.5) is 10.1 Å². The van der Waals surface area contributed by atoms with Gasteiger partial charge in [-0.2, -0.15) is 5.10 Å². The molecule has 0 saturated carbocycles. The molecule has 1 unspecified atom stereocenters. The molecule has 3 rings (SSSR count). The molecule has 0 spiro atoms. The number of hydrazone groups is 1. The van der Waals surface area contributed by atoms with Crippen LogP contribution < -0.4 is 5.32 Å². The largest absolute Gasteiger partial charge is 0.338 e. The maximum atomic E-state index is 13.8. The number of halogens is 2. The van der Waals surface area contributed by atoms with Gasteiger partial charge in [0.25, 0.3) is 0 Å². The maximum Gasteiger partial charge on any atom is 0.223 e. The Labute approximate surface area is 134 Å². The van der Waals surface area contributed by atoms with Crippen LogP contribution in [-0.2, 0) is 0 Å². The van der Waals surface area contributed by atoms with Gasteiger partial charge in [0.15, 0.2) is 0 Å². The quantitative estimate of drug-likeness (QED) is 0.808. The number of benzene rings is 1. The number of nitrogens with zero attached hydrogens (tertiary/aromatic N) is 4. The van der Waals surface area contributed by atoms with Crippen molar-refractivity contribution in [3.05, 3.63) is 28.5 Å². The van der Waals surface area contributed by atoms with Crippen molar-refractivity contribution in [2.24, 2.45) is 10.1 Å². The molecule has 1 atom stereocenters. The first-order valence-corrected chi connectivity index (χ1v) is 7.80. The molecule has 1 saturated heterocycles. The summed E-state index contributed by atoms with van der Waals surface area (Å²) in [5.74, 6) is 0.371. The highest BCUT2D eigenvalue weighted by molar-refractivity contribution is 6.31. The first-order chi connectivity index (χ1) is 10.6. The van der Waals surface area contributed by atoms with Gasteiger partial charge in [0, 0.05) is 38.0 Å². The van der Waals surface area contributed by atoms with E-state index in [4.69, 9.17) is 16.6 Å². The van der Waals surface area contributed by atoms with E-state index in [2.05, 4.69) is 15.3 Å². The van der Waals surface area contributed by atoms with E-state index >= 15 is 0 Å². The lowest BCUT2D eigenvalue weighted by molar-refractivity contribution is 0.258. The van der Waals surface area contributed by atoms with E-state index in [9.17, 15) is 4.39 Å². The highest BCUT2D eigenvalue weighted by atomic mass is 35.5. The minimum atomic E-state index is -0.423. The van der Waals surface area contributed by atoms with Crippen LogP contribution in [0.2, 0.25) is 5.02 Å². The number of piperazine rings is 1. The topological polar surface area (TPSA) is 43.2 Å². The molecule has 0 bridgehead atoms. The smallest absolute Gasteiger partial charge is 0.223 e. The fourth-order valence-electron chi connectivity index (χ4n) is 2.80. The van der Waals surface area contributed by atoms with Crippen LogP contribution in [0.25, 0.3) is 0 Å². The summed E-state index contributed by atoms with van der Waals surface area (Å²) in [6.45, 7) is 7.41. The number of hydrogen-bond donors (Lipinski definition) is 1. The average Bonchev–Trinajstić information content (AvgIpc) is 2.53. The summed E-state index contributed by atoms with van der Waals surface area (Å²) in [6, 6.07) is 2.96. The number of guanidine groups is 1. The molecular formula is C15H19ClFN5. The highest BCUT2D eigenvalue weighted by Gasteiger charge is 2.31. The van der Waals surface area contributed by atoms with Crippen molar-refractivity contribution in [2.75, 3.05) is 26.2 Å². The van der Waals surface area contributed by atoms with Crippen molar-refractivity contribution in [3.8, 4) is 0 Å². The molecule has 22 heavy (non-hydrogen) atoms. The predicted octanol–water partition coefficient (Wildman–Crippen LogP) is 2.75. The zero-order valence-electron chi connectivity index (χ0n) is 12.7. The van der Waals surface area contributed by atoms with Crippen molar-refractivity contribution < 1.29 is 4.39 Å². The molecular weight excluding hydrogens is 305 g/mol. The number of aliphatic imine (C=N–C) groups is 1. The molecule has 0 aromatic heterocycles. The monoisotopic (exact) mass is 323 g/mol. The van der Waals surface area contributed by atoms with Crippen molar-refractivity contribution in [2.45, 2.75) is 19.9 Å². The number of nitrogens with one attached hydrogen (secondary N) is 1. The van der Waals surface area contributed by atoms with Gasteiger partial charge in [-0.1, -0.05) is 11.6 Å². The Hall–Kier alpha value is -1.66. The minimum absolute atomic E-state index is 0.0969.